The fraction of sp³-hybridized carbons (Fsp3) is 0.562. The minimum Gasteiger partial charge on any atom is -0.506 e. The Morgan fingerprint density at radius 1 is 1.24 bits per heavy atom. The van der Waals surface area contributed by atoms with Gasteiger partial charge in [0.15, 0.2) is 0 Å². The zero-order valence-corrected chi connectivity index (χ0v) is 12.7. The van der Waals surface area contributed by atoms with Crippen LogP contribution in [-0.2, 0) is 4.74 Å². The van der Waals surface area contributed by atoms with E-state index in [2.05, 4.69) is 4.90 Å². The number of anilines is 1. The molecule has 2 saturated heterocycles. The molecule has 0 saturated carbocycles. The molecule has 2 heterocycles. The Morgan fingerprint density at radius 3 is 2.52 bits per heavy atom. The number of piperazine rings is 1. The monoisotopic (exact) mass is 290 g/mol. The summed E-state index contributed by atoms with van der Waals surface area (Å²) in [6.07, 6.45) is 0.708. The van der Waals surface area contributed by atoms with E-state index in [9.17, 15) is 9.90 Å². The van der Waals surface area contributed by atoms with Gasteiger partial charge in [0.25, 0.3) is 0 Å². The highest BCUT2D eigenvalue weighted by Crippen LogP contribution is 2.38. The van der Waals surface area contributed by atoms with E-state index in [0.717, 1.165) is 18.7 Å². The van der Waals surface area contributed by atoms with Crippen molar-refractivity contribution < 1.29 is 14.6 Å². The van der Waals surface area contributed by atoms with Gasteiger partial charge in [-0.2, -0.15) is 0 Å². The van der Waals surface area contributed by atoms with Crippen LogP contribution < -0.4 is 4.90 Å². The Labute approximate surface area is 125 Å². The number of likely N-dealkylation sites (tertiary alicyclic amines) is 1. The number of hydrogen-bond donors (Lipinski definition) is 1. The lowest BCUT2D eigenvalue weighted by molar-refractivity contribution is 0.0215. The molecule has 2 bridgehead atoms. The average Bonchev–Trinajstić information content (AvgIpc) is 2.96. The topological polar surface area (TPSA) is 53.0 Å². The number of hydrogen-bond acceptors (Lipinski definition) is 4. The smallest absolute Gasteiger partial charge is 0.410 e. The Hall–Kier alpha value is -1.91. The predicted octanol–water partition coefficient (Wildman–Crippen LogP) is 2.59. The molecule has 1 aromatic carbocycles. The molecule has 2 aliphatic rings. The Balaban J connectivity index is 1.70. The molecule has 21 heavy (non-hydrogen) atoms. The van der Waals surface area contributed by atoms with Gasteiger partial charge in [-0.1, -0.05) is 12.1 Å². The molecule has 5 nitrogen and oxygen atoms in total. The van der Waals surface area contributed by atoms with Crippen LogP contribution in [0.25, 0.3) is 0 Å². The summed E-state index contributed by atoms with van der Waals surface area (Å²) in [6, 6.07) is 7.80. The van der Waals surface area contributed by atoms with E-state index in [1.165, 1.54) is 0 Å². The first-order valence-corrected chi connectivity index (χ1v) is 7.39. The number of ether oxygens (including phenoxy) is 1. The van der Waals surface area contributed by atoms with Gasteiger partial charge >= 0.3 is 6.09 Å². The van der Waals surface area contributed by atoms with Crippen molar-refractivity contribution in [3.05, 3.63) is 24.3 Å². The molecule has 1 amide bonds. The summed E-state index contributed by atoms with van der Waals surface area (Å²) >= 11 is 0. The number of aromatic hydroxyl groups is 1. The number of carbonyl (C=O) groups excluding carboxylic acids is 1. The van der Waals surface area contributed by atoms with Gasteiger partial charge in [0.05, 0.1) is 11.7 Å². The van der Waals surface area contributed by atoms with E-state index in [-0.39, 0.29) is 18.2 Å². The van der Waals surface area contributed by atoms with Gasteiger partial charge in [0, 0.05) is 19.1 Å². The van der Waals surface area contributed by atoms with Crippen LogP contribution in [0.5, 0.6) is 5.75 Å². The first kappa shape index (κ1) is 14.0. The highest BCUT2D eigenvalue weighted by molar-refractivity contribution is 5.71. The second kappa shape index (κ2) is 4.83. The Morgan fingerprint density at radius 2 is 1.95 bits per heavy atom. The van der Waals surface area contributed by atoms with Crippen molar-refractivity contribution in [3.63, 3.8) is 0 Å². The summed E-state index contributed by atoms with van der Waals surface area (Å²) in [7, 11) is 0. The van der Waals surface area contributed by atoms with Crippen LogP contribution in [0.15, 0.2) is 24.3 Å². The van der Waals surface area contributed by atoms with Crippen molar-refractivity contribution in [1.29, 1.82) is 0 Å². The van der Waals surface area contributed by atoms with Crippen LogP contribution in [0, 0.1) is 0 Å². The van der Waals surface area contributed by atoms with Crippen molar-refractivity contribution >= 4 is 11.8 Å². The number of para-hydroxylation sites is 2. The maximum Gasteiger partial charge on any atom is 0.410 e. The molecule has 1 N–H and O–H groups in total. The highest BCUT2D eigenvalue weighted by Gasteiger charge is 2.47. The Kier molecular flexibility index (Phi) is 3.23. The summed E-state index contributed by atoms with van der Waals surface area (Å²) < 4.78 is 5.46. The van der Waals surface area contributed by atoms with E-state index in [4.69, 9.17) is 4.74 Å². The second-order valence-corrected chi connectivity index (χ2v) is 6.82. The molecule has 2 aliphatic heterocycles. The minimum absolute atomic E-state index is 0.171. The molecular weight excluding hydrogens is 268 g/mol. The van der Waals surface area contributed by atoms with Crippen molar-refractivity contribution in [2.45, 2.75) is 44.9 Å². The minimum atomic E-state index is -0.462. The molecule has 3 rings (SSSR count). The number of phenols is 1. The van der Waals surface area contributed by atoms with Crippen molar-refractivity contribution in [2.24, 2.45) is 0 Å². The number of fused-ring (bicyclic) bond motifs is 2. The van der Waals surface area contributed by atoms with Crippen LogP contribution >= 0.6 is 0 Å². The maximum absolute atomic E-state index is 12.2. The summed E-state index contributed by atoms with van der Waals surface area (Å²) in [6.45, 7) is 7.06. The zero-order valence-electron chi connectivity index (χ0n) is 12.7. The number of nitrogens with zero attached hydrogens (tertiary/aromatic N) is 2. The van der Waals surface area contributed by atoms with E-state index >= 15 is 0 Å². The molecular formula is C16H22N2O3. The van der Waals surface area contributed by atoms with Gasteiger partial charge in [0.1, 0.15) is 11.4 Å². The van der Waals surface area contributed by atoms with Crippen LogP contribution in [0.2, 0.25) is 0 Å². The SMILES string of the molecule is CC(C)(C)OC(=O)N1CC2CC1CN2c1ccccc1O. The molecule has 0 aliphatic carbocycles. The zero-order chi connectivity index (χ0) is 15.2. The molecule has 2 atom stereocenters. The number of phenolic OH excluding ortho intramolecular Hbond substituents is 1. The lowest BCUT2D eigenvalue weighted by Gasteiger charge is -2.36. The van der Waals surface area contributed by atoms with Crippen LogP contribution in [0.3, 0.4) is 0 Å². The standard InChI is InChI=1S/C16H22N2O3/c1-16(2,3)21-15(20)18-10-11-8-12(18)9-17(11)13-6-4-5-7-14(13)19/h4-7,11-12,19H,8-10H2,1-3H3. The number of amides is 1. The van der Waals surface area contributed by atoms with Gasteiger partial charge in [-0.05, 0) is 39.3 Å². The van der Waals surface area contributed by atoms with Gasteiger partial charge in [-0.15, -0.1) is 0 Å². The summed E-state index contributed by atoms with van der Waals surface area (Å²) in [5, 5.41) is 9.98. The fourth-order valence-corrected chi connectivity index (χ4v) is 3.21. The molecule has 0 aromatic heterocycles. The lowest BCUT2D eigenvalue weighted by Crippen LogP contribution is -2.50. The first-order valence-electron chi connectivity index (χ1n) is 7.39. The van der Waals surface area contributed by atoms with Crippen LogP contribution in [-0.4, -0.2) is 46.9 Å². The lowest BCUT2D eigenvalue weighted by atomic mass is 10.2. The van der Waals surface area contributed by atoms with E-state index in [1.807, 2.05) is 43.9 Å². The molecule has 2 fully saturated rings. The molecule has 2 unspecified atom stereocenters. The van der Waals surface area contributed by atoms with Gasteiger partial charge in [0.2, 0.25) is 0 Å². The largest absolute Gasteiger partial charge is 0.506 e. The molecule has 5 heteroatoms. The average molecular weight is 290 g/mol. The number of rotatable bonds is 1. The van der Waals surface area contributed by atoms with E-state index in [0.29, 0.717) is 12.3 Å². The fourth-order valence-electron chi connectivity index (χ4n) is 3.21. The van der Waals surface area contributed by atoms with E-state index < -0.39 is 5.60 Å². The summed E-state index contributed by atoms with van der Waals surface area (Å²) in [4.78, 5) is 16.2. The Bertz CT molecular complexity index is 553. The van der Waals surface area contributed by atoms with Gasteiger partial charge in [-0.3, -0.25) is 0 Å². The third-order valence-electron chi connectivity index (χ3n) is 4.06. The third-order valence-corrected chi connectivity index (χ3v) is 4.06. The normalized spacial score (nSPS) is 24.5. The predicted molar refractivity (Wildman–Crippen MR) is 80.6 cm³/mol. The first-order chi connectivity index (χ1) is 9.85. The maximum atomic E-state index is 12.2. The highest BCUT2D eigenvalue weighted by atomic mass is 16.6. The molecule has 114 valence electrons. The van der Waals surface area contributed by atoms with Crippen LogP contribution in [0.1, 0.15) is 27.2 Å². The molecule has 1 aromatic rings. The van der Waals surface area contributed by atoms with Gasteiger partial charge < -0.3 is 19.6 Å². The van der Waals surface area contributed by atoms with Crippen molar-refractivity contribution in [1.82, 2.24) is 4.90 Å². The molecule has 0 spiro atoms. The third kappa shape index (κ3) is 2.64. The number of benzene rings is 1. The summed E-state index contributed by atoms with van der Waals surface area (Å²) in [5.41, 5.74) is 0.393. The molecule has 0 radical (unpaired) electrons. The quantitative estimate of drug-likeness (QED) is 0.863. The number of carbonyl (C=O) groups is 1. The second-order valence-electron chi connectivity index (χ2n) is 6.82. The van der Waals surface area contributed by atoms with Crippen molar-refractivity contribution in [3.8, 4) is 5.75 Å². The van der Waals surface area contributed by atoms with Gasteiger partial charge in [-0.25, -0.2) is 4.79 Å². The van der Waals surface area contributed by atoms with Crippen LogP contribution in [0.4, 0.5) is 10.5 Å². The summed E-state index contributed by atoms with van der Waals surface area (Å²) in [5.74, 6) is 0.300. The van der Waals surface area contributed by atoms with E-state index in [1.54, 1.807) is 6.07 Å². The van der Waals surface area contributed by atoms with Crippen molar-refractivity contribution in [2.75, 3.05) is 18.0 Å².